The Balaban J connectivity index is 4.63. The van der Waals surface area contributed by atoms with E-state index in [9.17, 15) is 4.39 Å². The van der Waals surface area contributed by atoms with Gasteiger partial charge in [-0.2, -0.15) is 0 Å². The van der Waals surface area contributed by atoms with Crippen LogP contribution < -0.4 is 0 Å². The van der Waals surface area contributed by atoms with Crippen LogP contribution in [0.4, 0.5) is 4.39 Å². The molecule has 0 aliphatic rings. The molecular formula is C8H10ClF. The lowest BCUT2D eigenvalue weighted by Gasteiger charge is -1.96. The molecule has 0 aromatic rings. The van der Waals surface area contributed by atoms with E-state index in [2.05, 4.69) is 6.58 Å². The molecule has 0 aromatic heterocycles. The van der Waals surface area contributed by atoms with E-state index in [0.29, 0.717) is 10.6 Å². The normalized spacial score (nSPS) is 14.6. The maximum absolute atomic E-state index is 12.6. The lowest BCUT2D eigenvalue weighted by Crippen LogP contribution is -1.78. The summed E-state index contributed by atoms with van der Waals surface area (Å²) in [6.45, 7) is 6.64. The van der Waals surface area contributed by atoms with Gasteiger partial charge in [-0.3, -0.25) is 0 Å². The van der Waals surface area contributed by atoms with Gasteiger partial charge in [-0.05, 0) is 19.9 Å². The first-order chi connectivity index (χ1) is 4.63. The lowest BCUT2D eigenvalue weighted by atomic mass is 10.2. The molecule has 0 aliphatic carbocycles. The highest BCUT2D eigenvalue weighted by Gasteiger charge is 1.99. The van der Waals surface area contributed by atoms with Gasteiger partial charge in [0.1, 0.15) is 5.83 Å². The summed E-state index contributed by atoms with van der Waals surface area (Å²) in [7, 11) is 0. The SMILES string of the molecule is C=C/C(F)=C(C)\C(Cl)=C/C. The number of hydrogen-bond donors (Lipinski definition) is 0. The average Bonchev–Trinajstić information content (AvgIpc) is 2.00. The number of hydrogen-bond acceptors (Lipinski definition) is 0. The average molecular weight is 161 g/mol. The van der Waals surface area contributed by atoms with E-state index in [-0.39, 0.29) is 5.83 Å². The topological polar surface area (TPSA) is 0 Å². The van der Waals surface area contributed by atoms with E-state index in [1.807, 2.05) is 0 Å². The quantitative estimate of drug-likeness (QED) is 0.542. The van der Waals surface area contributed by atoms with E-state index in [4.69, 9.17) is 11.6 Å². The second-order valence-corrected chi connectivity index (χ2v) is 2.22. The zero-order chi connectivity index (χ0) is 8.15. The van der Waals surface area contributed by atoms with Crippen LogP contribution in [0, 0.1) is 0 Å². The highest BCUT2D eigenvalue weighted by atomic mass is 35.5. The van der Waals surface area contributed by atoms with Crippen molar-refractivity contribution in [2.75, 3.05) is 0 Å². The van der Waals surface area contributed by atoms with Crippen molar-refractivity contribution in [3.8, 4) is 0 Å². The second-order valence-electron chi connectivity index (χ2n) is 1.81. The summed E-state index contributed by atoms with van der Waals surface area (Å²) in [6, 6.07) is 0. The standard InChI is InChI=1S/C8H10ClF/c1-4-7(9)6(3)8(10)5-2/h4-5H,2H2,1,3H3/b7-4+,8-6+. The van der Waals surface area contributed by atoms with Crippen molar-refractivity contribution in [1.82, 2.24) is 0 Å². The van der Waals surface area contributed by atoms with Gasteiger partial charge in [-0.1, -0.05) is 24.3 Å². The van der Waals surface area contributed by atoms with Crippen LogP contribution in [0.15, 0.2) is 35.2 Å². The third-order valence-corrected chi connectivity index (χ3v) is 1.65. The second kappa shape index (κ2) is 4.29. The summed E-state index contributed by atoms with van der Waals surface area (Å²) < 4.78 is 12.6. The van der Waals surface area contributed by atoms with Crippen LogP contribution in [-0.2, 0) is 0 Å². The Morgan fingerprint density at radius 2 is 2.10 bits per heavy atom. The van der Waals surface area contributed by atoms with Gasteiger partial charge in [0.25, 0.3) is 0 Å². The molecule has 0 rings (SSSR count). The molecule has 0 fully saturated rings. The molecule has 56 valence electrons. The zero-order valence-electron chi connectivity index (χ0n) is 6.12. The Bertz CT molecular complexity index is 189. The summed E-state index contributed by atoms with van der Waals surface area (Å²) in [5.74, 6) is -0.372. The van der Waals surface area contributed by atoms with Crippen molar-refractivity contribution < 1.29 is 4.39 Å². The van der Waals surface area contributed by atoms with Gasteiger partial charge in [0.2, 0.25) is 0 Å². The van der Waals surface area contributed by atoms with Crippen molar-refractivity contribution in [2.45, 2.75) is 13.8 Å². The fourth-order valence-electron chi connectivity index (χ4n) is 0.484. The van der Waals surface area contributed by atoms with Crippen molar-refractivity contribution in [3.63, 3.8) is 0 Å². The lowest BCUT2D eigenvalue weighted by molar-refractivity contribution is 0.658. The Morgan fingerprint density at radius 3 is 2.40 bits per heavy atom. The third-order valence-electron chi connectivity index (χ3n) is 1.15. The van der Waals surface area contributed by atoms with Gasteiger partial charge in [0, 0.05) is 10.6 Å². The summed E-state index contributed by atoms with van der Waals surface area (Å²) in [6.07, 6.45) is 2.78. The van der Waals surface area contributed by atoms with Crippen LogP contribution in [-0.4, -0.2) is 0 Å². The Labute approximate surface area is 65.7 Å². The molecule has 0 nitrogen and oxygen atoms in total. The minimum atomic E-state index is -0.372. The van der Waals surface area contributed by atoms with Crippen LogP contribution in [0.2, 0.25) is 0 Å². The Hall–Kier alpha value is -0.560. The van der Waals surface area contributed by atoms with E-state index < -0.39 is 0 Å². The molecule has 10 heavy (non-hydrogen) atoms. The molecule has 2 heteroatoms. The van der Waals surface area contributed by atoms with E-state index in [1.165, 1.54) is 0 Å². The van der Waals surface area contributed by atoms with Gasteiger partial charge in [0.05, 0.1) is 0 Å². The van der Waals surface area contributed by atoms with Crippen LogP contribution in [0.5, 0.6) is 0 Å². The monoisotopic (exact) mass is 160 g/mol. The van der Waals surface area contributed by atoms with Crippen LogP contribution >= 0.6 is 11.6 Å². The molecule has 0 saturated carbocycles. The molecule has 0 radical (unpaired) electrons. The fraction of sp³-hybridized carbons (Fsp3) is 0.250. The Morgan fingerprint density at radius 1 is 1.60 bits per heavy atom. The number of halogens is 2. The van der Waals surface area contributed by atoms with E-state index in [1.54, 1.807) is 19.9 Å². The zero-order valence-corrected chi connectivity index (χ0v) is 6.87. The highest BCUT2D eigenvalue weighted by Crippen LogP contribution is 2.18. The van der Waals surface area contributed by atoms with Crippen LogP contribution in [0.25, 0.3) is 0 Å². The maximum atomic E-state index is 12.6. The van der Waals surface area contributed by atoms with Crippen molar-refractivity contribution in [1.29, 1.82) is 0 Å². The van der Waals surface area contributed by atoms with Crippen LogP contribution in [0.1, 0.15) is 13.8 Å². The smallest absolute Gasteiger partial charge is 0.126 e. The van der Waals surface area contributed by atoms with Gasteiger partial charge in [-0.15, -0.1) is 0 Å². The van der Waals surface area contributed by atoms with Gasteiger partial charge in [0.15, 0.2) is 0 Å². The first kappa shape index (κ1) is 9.44. The Kier molecular flexibility index (Phi) is 4.05. The molecule has 0 atom stereocenters. The molecule has 0 N–H and O–H groups in total. The number of allylic oxidation sites excluding steroid dienone is 5. The largest absolute Gasteiger partial charge is 0.207 e. The van der Waals surface area contributed by atoms with E-state index >= 15 is 0 Å². The molecule has 0 heterocycles. The molecule has 0 bridgehead atoms. The van der Waals surface area contributed by atoms with E-state index in [0.717, 1.165) is 6.08 Å². The van der Waals surface area contributed by atoms with Crippen LogP contribution in [0.3, 0.4) is 0 Å². The predicted octanol–water partition coefficient (Wildman–Crippen LogP) is 3.56. The van der Waals surface area contributed by atoms with Gasteiger partial charge in [-0.25, -0.2) is 4.39 Å². The van der Waals surface area contributed by atoms with Gasteiger partial charge < -0.3 is 0 Å². The maximum Gasteiger partial charge on any atom is 0.126 e. The summed E-state index contributed by atoms with van der Waals surface area (Å²) >= 11 is 5.60. The predicted molar refractivity (Wildman–Crippen MR) is 43.6 cm³/mol. The minimum Gasteiger partial charge on any atom is -0.207 e. The first-order valence-electron chi connectivity index (χ1n) is 2.94. The summed E-state index contributed by atoms with van der Waals surface area (Å²) in [4.78, 5) is 0. The molecular weight excluding hydrogens is 151 g/mol. The van der Waals surface area contributed by atoms with Crippen molar-refractivity contribution >= 4 is 11.6 Å². The fourth-order valence-corrected chi connectivity index (χ4v) is 0.574. The highest BCUT2D eigenvalue weighted by molar-refractivity contribution is 6.31. The minimum absolute atomic E-state index is 0.372. The van der Waals surface area contributed by atoms with Gasteiger partial charge >= 0.3 is 0 Å². The molecule has 0 aliphatic heterocycles. The van der Waals surface area contributed by atoms with Crippen molar-refractivity contribution in [3.05, 3.63) is 35.2 Å². The molecule has 0 aromatic carbocycles. The molecule has 0 amide bonds. The molecule has 0 unspecified atom stereocenters. The first-order valence-corrected chi connectivity index (χ1v) is 3.32. The summed E-state index contributed by atoms with van der Waals surface area (Å²) in [5, 5.41) is 0.428. The third kappa shape index (κ3) is 2.36. The number of rotatable bonds is 2. The van der Waals surface area contributed by atoms with Crippen molar-refractivity contribution in [2.24, 2.45) is 0 Å². The summed E-state index contributed by atoms with van der Waals surface area (Å²) in [5.41, 5.74) is 0.430. The molecule has 0 spiro atoms. The molecule has 0 saturated heterocycles.